The molecule has 1 aromatic heterocycles. The zero-order chi connectivity index (χ0) is 15.5. The standard InChI is InChI=1S/C13H12ClFN2O3S/c14-10-2-1-3-11(15)13(10)21(19,20)17-8-12(18)9-4-6-16-7-5-9/h1-7,12,17-18H,8H2/t12-/m1/s1. The number of halogens is 2. The third kappa shape index (κ3) is 3.76. The monoisotopic (exact) mass is 330 g/mol. The maximum atomic E-state index is 13.6. The van der Waals surface area contributed by atoms with Crippen molar-refractivity contribution in [2.75, 3.05) is 6.54 Å². The number of hydrogen-bond acceptors (Lipinski definition) is 4. The van der Waals surface area contributed by atoms with E-state index in [1.54, 1.807) is 12.1 Å². The van der Waals surface area contributed by atoms with Crippen molar-refractivity contribution in [3.63, 3.8) is 0 Å². The molecule has 0 aliphatic carbocycles. The summed E-state index contributed by atoms with van der Waals surface area (Å²) in [5, 5.41) is 9.67. The Morgan fingerprint density at radius 2 is 1.95 bits per heavy atom. The molecule has 5 nitrogen and oxygen atoms in total. The van der Waals surface area contributed by atoms with Gasteiger partial charge in [0.25, 0.3) is 0 Å². The predicted octanol–water partition coefficient (Wildman–Crippen LogP) is 1.89. The van der Waals surface area contributed by atoms with Crippen LogP contribution in [-0.4, -0.2) is 25.1 Å². The fourth-order valence-corrected chi connectivity index (χ4v) is 3.34. The summed E-state index contributed by atoms with van der Waals surface area (Å²) in [6.45, 7) is -0.309. The van der Waals surface area contributed by atoms with Crippen LogP contribution in [0.1, 0.15) is 11.7 Å². The van der Waals surface area contributed by atoms with Crippen molar-refractivity contribution in [1.29, 1.82) is 0 Å². The van der Waals surface area contributed by atoms with Gasteiger partial charge in [-0.3, -0.25) is 4.98 Å². The lowest BCUT2D eigenvalue weighted by Crippen LogP contribution is -2.29. The van der Waals surface area contributed by atoms with E-state index in [9.17, 15) is 17.9 Å². The highest BCUT2D eigenvalue weighted by Crippen LogP contribution is 2.24. The molecule has 21 heavy (non-hydrogen) atoms. The summed E-state index contributed by atoms with van der Waals surface area (Å²) in [6, 6.07) is 6.69. The number of sulfonamides is 1. The van der Waals surface area contributed by atoms with E-state index < -0.39 is 26.8 Å². The molecular weight excluding hydrogens is 319 g/mol. The van der Waals surface area contributed by atoms with Crippen LogP contribution >= 0.6 is 11.6 Å². The van der Waals surface area contributed by atoms with Crippen LogP contribution in [0.25, 0.3) is 0 Å². The Bertz CT molecular complexity index is 705. The minimum atomic E-state index is -4.16. The molecule has 1 atom stereocenters. The van der Waals surface area contributed by atoms with Gasteiger partial charge in [-0.25, -0.2) is 17.5 Å². The van der Waals surface area contributed by atoms with E-state index in [-0.39, 0.29) is 11.6 Å². The second kappa shape index (κ2) is 6.48. The second-order valence-electron chi connectivity index (χ2n) is 4.20. The average molecular weight is 331 g/mol. The molecule has 2 N–H and O–H groups in total. The van der Waals surface area contributed by atoms with Gasteiger partial charge in [0.1, 0.15) is 10.7 Å². The lowest BCUT2D eigenvalue weighted by molar-refractivity contribution is 0.182. The van der Waals surface area contributed by atoms with Crippen molar-refractivity contribution >= 4 is 21.6 Å². The summed E-state index contributed by atoms with van der Waals surface area (Å²) in [4.78, 5) is 3.16. The maximum absolute atomic E-state index is 13.6. The van der Waals surface area contributed by atoms with Gasteiger partial charge in [-0.15, -0.1) is 0 Å². The van der Waals surface area contributed by atoms with Crippen LogP contribution in [0.5, 0.6) is 0 Å². The average Bonchev–Trinajstić information content (AvgIpc) is 2.45. The fourth-order valence-electron chi connectivity index (χ4n) is 1.70. The Kier molecular flexibility index (Phi) is 4.89. The van der Waals surface area contributed by atoms with Gasteiger partial charge in [-0.05, 0) is 29.8 Å². The summed E-state index contributed by atoms with van der Waals surface area (Å²) >= 11 is 5.72. The molecule has 0 aliphatic rings. The van der Waals surface area contributed by atoms with Gasteiger partial charge in [0.2, 0.25) is 10.0 Å². The molecule has 0 unspecified atom stereocenters. The Hall–Kier alpha value is -1.54. The molecule has 1 heterocycles. The summed E-state index contributed by atoms with van der Waals surface area (Å²) in [5.74, 6) is -0.951. The van der Waals surface area contributed by atoms with Crippen LogP contribution in [0.15, 0.2) is 47.6 Å². The van der Waals surface area contributed by atoms with Crippen molar-refractivity contribution < 1.29 is 17.9 Å². The van der Waals surface area contributed by atoms with Gasteiger partial charge in [0.05, 0.1) is 11.1 Å². The minimum Gasteiger partial charge on any atom is -0.387 e. The molecule has 2 rings (SSSR count). The predicted molar refractivity (Wildman–Crippen MR) is 75.8 cm³/mol. The summed E-state index contributed by atoms with van der Waals surface area (Å²) < 4.78 is 39.9. The topological polar surface area (TPSA) is 79.3 Å². The molecule has 8 heteroatoms. The first-order valence-electron chi connectivity index (χ1n) is 5.93. The molecule has 2 aromatic rings. The normalized spacial score (nSPS) is 13.1. The quantitative estimate of drug-likeness (QED) is 0.877. The van der Waals surface area contributed by atoms with Crippen LogP contribution in [0.2, 0.25) is 5.02 Å². The van der Waals surface area contributed by atoms with Gasteiger partial charge in [0, 0.05) is 18.9 Å². The lowest BCUT2D eigenvalue weighted by atomic mass is 10.1. The molecule has 0 fully saturated rings. The molecule has 0 spiro atoms. The minimum absolute atomic E-state index is 0.221. The first-order valence-corrected chi connectivity index (χ1v) is 7.79. The van der Waals surface area contributed by atoms with E-state index in [0.717, 1.165) is 6.07 Å². The molecule has 0 bridgehead atoms. The summed E-state index contributed by atoms with van der Waals surface area (Å²) in [5.41, 5.74) is 0.493. The molecule has 1 aromatic carbocycles. The molecular formula is C13H12ClFN2O3S. The van der Waals surface area contributed by atoms with E-state index in [4.69, 9.17) is 11.6 Å². The van der Waals surface area contributed by atoms with E-state index >= 15 is 0 Å². The van der Waals surface area contributed by atoms with Crippen molar-refractivity contribution in [3.05, 3.63) is 59.1 Å². The van der Waals surface area contributed by atoms with Crippen LogP contribution in [0.4, 0.5) is 4.39 Å². The molecule has 0 saturated heterocycles. The van der Waals surface area contributed by atoms with Crippen molar-refractivity contribution in [3.8, 4) is 0 Å². The number of pyridine rings is 1. The Morgan fingerprint density at radius 1 is 1.29 bits per heavy atom. The maximum Gasteiger partial charge on any atom is 0.245 e. The van der Waals surface area contributed by atoms with Crippen molar-refractivity contribution in [2.24, 2.45) is 0 Å². The second-order valence-corrected chi connectivity index (χ2v) is 6.31. The van der Waals surface area contributed by atoms with Gasteiger partial charge in [-0.2, -0.15) is 0 Å². The van der Waals surface area contributed by atoms with Crippen molar-refractivity contribution in [2.45, 2.75) is 11.0 Å². The van der Waals surface area contributed by atoms with Gasteiger partial charge >= 0.3 is 0 Å². The summed E-state index contributed by atoms with van der Waals surface area (Å²) in [7, 11) is -4.16. The smallest absolute Gasteiger partial charge is 0.245 e. The van der Waals surface area contributed by atoms with Crippen LogP contribution < -0.4 is 4.72 Å². The zero-order valence-corrected chi connectivity index (χ0v) is 12.3. The highest BCUT2D eigenvalue weighted by atomic mass is 35.5. The Morgan fingerprint density at radius 3 is 2.57 bits per heavy atom. The SMILES string of the molecule is O=S(=O)(NC[C@@H](O)c1ccncc1)c1c(F)cccc1Cl. The molecule has 0 saturated carbocycles. The number of rotatable bonds is 5. The van der Waals surface area contributed by atoms with Gasteiger partial charge in [0.15, 0.2) is 0 Å². The van der Waals surface area contributed by atoms with Crippen LogP contribution in [0, 0.1) is 5.82 Å². The van der Waals surface area contributed by atoms with Gasteiger partial charge in [-0.1, -0.05) is 17.7 Å². The number of benzene rings is 1. The Balaban J connectivity index is 2.16. The third-order valence-corrected chi connectivity index (χ3v) is 4.67. The van der Waals surface area contributed by atoms with E-state index in [1.165, 1.54) is 24.5 Å². The zero-order valence-electron chi connectivity index (χ0n) is 10.7. The molecule has 0 radical (unpaired) electrons. The fraction of sp³-hybridized carbons (Fsp3) is 0.154. The molecule has 112 valence electrons. The van der Waals surface area contributed by atoms with Gasteiger partial charge < -0.3 is 5.11 Å². The number of aliphatic hydroxyl groups is 1. The highest BCUT2D eigenvalue weighted by molar-refractivity contribution is 7.89. The summed E-state index contributed by atoms with van der Waals surface area (Å²) in [6.07, 6.45) is 1.87. The highest BCUT2D eigenvalue weighted by Gasteiger charge is 2.23. The largest absolute Gasteiger partial charge is 0.387 e. The third-order valence-electron chi connectivity index (χ3n) is 2.75. The van der Waals surface area contributed by atoms with Crippen molar-refractivity contribution in [1.82, 2.24) is 9.71 Å². The van der Waals surface area contributed by atoms with Crippen LogP contribution in [-0.2, 0) is 10.0 Å². The number of aliphatic hydroxyl groups excluding tert-OH is 1. The van der Waals surface area contributed by atoms with E-state index in [0.29, 0.717) is 5.56 Å². The Labute approximate surface area is 126 Å². The van der Waals surface area contributed by atoms with Crippen LogP contribution in [0.3, 0.4) is 0 Å². The molecule has 0 aliphatic heterocycles. The molecule has 0 amide bonds. The number of aromatic nitrogens is 1. The number of nitrogens with zero attached hydrogens (tertiary/aromatic N) is 1. The first kappa shape index (κ1) is 15.8. The lowest BCUT2D eigenvalue weighted by Gasteiger charge is -2.13. The van der Waals surface area contributed by atoms with E-state index in [2.05, 4.69) is 9.71 Å². The number of nitrogens with one attached hydrogen (secondary N) is 1. The first-order chi connectivity index (χ1) is 9.92. The van der Waals surface area contributed by atoms with E-state index in [1.807, 2.05) is 0 Å². The number of hydrogen-bond donors (Lipinski definition) is 2.